The third kappa shape index (κ3) is 3.10. The number of nitrogens with zero attached hydrogens (tertiary/aromatic N) is 2. The molecule has 1 aliphatic rings. The molecule has 1 aromatic rings. The Bertz CT molecular complexity index is 407. The maximum atomic E-state index is 12.1. The molecule has 1 aromatic heterocycles. The summed E-state index contributed by atoms with van der Waals surface area (Å²) in [6, 6.07) is 2.26. The number of carbonyl (C=O) groups excluding carboxylic acids is 1. The van der Waals surface area contributed by atoms with Gasteiger partial charge in [0.15, 0.2) is 0 Å². The number of aryl methyl sites for hydroxylation is 2. The highest BCUT2D eigenvalue weighted by molar-refractivity contribution is 5.92. The van der Waals surface area contributed by atoms with Crippen molar-refractivity contribution in [2.45, 2.75) is 45.7 Å². The van der Waals surface area contributed by atoms with Crippen LogP contribution in [0, 0.1) is 6.92 Å². The highest BCUT2D eigenvalue weighted by Gasteiger charge is 2.16. The molecule has 1 aliphatic heterocycles. The van der Waals surface area contributed by atoms with E-state index in [4.69, 9.17) is 0 Å². The predicted molar refractivity (Wildman–Crippen MR) is 70.6 cm³/mol. The van der Waals surface area contributed by atoms with Crippen LogP contribution in [0.5, 0.6) is 0 Å². The average Bonchev–Trinajstić information content (AvgIpc) is 2.78. The van der Waals surface area contributed by atoms with Crippen molar-refractivity contribution in [1.29, 1.82) is 0 Å². The van der Waals surface area contributed by atoms with Crippen molar-refractivity contribution in [2.24, 2.45) is 0 Å². The Labute approximate surface area is 108 Å². The normalized spacial score (nSPS) is 19.8. The lowest BCUT2D eigenvalue weighted by Crippen LogP contribution is -2.43. The van der Waals surface area contributed by atoms with Crippen LogP contribution in [0.4, 0.5) is 0 Å². The lowest BCUT2D eigenvalue weighted by Gasteiger charge is -2.23. The van der Waals surface area contributed by atoms with E-state index in [2.05, 4.69) is 15.7 Å². The molecule has 18 heavy (non-hydrogen) atoms. The van der Waals surface area contributed by atoms with Crippen LogP contribution < -0.4 is 10.6 Å². The van der Waals surface area contributed by atoms with E-state index in [0.29, 0.717) is 18.3 Å². The second-order valence-corrected chi connectivity index (χ2v) is 4.84. The van der Waals surface area contributed by atoms with Gasteiger partial charge in [0.1, 0.15) is 5.69 Å². The van der Waals surface area contributed by atoms with Gasteiger partial charge in [0.2, 0.25) is 0 Å². The van der Waals surface area contributed by atoms with E-state index < -0.39 is 0 Å². The number of nitrogens with one attached hydrogen (secondary N) is 2. The number of piperidine rings is 1. The molecule has 1 fully saturated rings. The van der Waals surface area contributed by atoms with E-state index in [1.54, 1.807) is 4.68 Å². The van der Waals surface area contributed by atoms with Gasteiger partial charge in [-0.15, -0.1) is 0 Å². The van der Waals surface area contributed by atoms with Crippen LogP contribution in [0.15, 0.2) is 6.07 Å². The number of amides is 1. The van der Waals surface area contributed by atoms with Gasteiger partial charge in [-0.1, -0.05) is 6.42 Å². The van der Waals surface area contributed by atoms with Crippen LogP contribution in [-0.4, -0.2) is 34.8 Å². The molecular weight excluding hydrogens is 228 g/mol. The van der Waals surface area contributed by atoms with Crippen molar-refractivity contribution < 1.29 is 4.79 Å². The van der Waals surface area contributed by atoms with Gasteiger partial charge >= 0.3 is 0 Å². The van der Waals surface area contributed by atoms with Gasteiger partial charge in [-0.2, -0.15) is 5.10 Å². The molecule has 0 radical (unpaired) electrons. The van der Waals surface area contributed by atoms with E-state index in [0.717, 1.165) is 25.2 Å². The molecule has 5 heteroatoms. The average molecular weight is 250 g/mol. The summed E-state index contributed by atoms with van der Waals surface area (Å²) in [5.74, 6) is -0.0233. The number of rotatable bonds is 4. The first-order chi connectivity index (χ1) is 8.70. The Balaban J connectivity index is 1.90. The molecule has 100 valence electrons. The zero-order valence-corrected chi connectivity index (χ0v) is 11.2. The number of aromatic nitrogens is 2. The summed E-state index contributed by atoms with van der Waals surface area (Å²) in [5.41, 5.74) is 1.55. The fourth-order valence-electron chi connectivity index (χ4n) is 2.37. The number of carbonyl (C=O) groups is 1. The topological polar surface area (TPSA) is 59.0 Å². The summed E-state index contributed by atoms with van der Waals surface area (Å²) in [5, 5.41) is 10.7. The van der Waals surface area contributed by atoms with Crippen molar-refractivity contribution in [3.8, 4) is 0 Å². The second-order valence-electron chi connectivity index (χ2n) is 4.84. The first-order valence-electron chi connectivity index (χ1n) is 6.76. The van der Waals surface area contributed by atoms with Gasteiger partial charge in [-0.3, -0.25) is 9.48 Å². The first-order valence-corrected chi connectivity index (χ1v) is 6.76. The van der Waals surface area contributed by atoms with E-state index in [9.17, 15) is 4.79 Å². The molecule has 2 N–H and O–H groups in total. The molecule has 2 rings (SSSR count). The highest BCUT2D eigenvalue weighted by Crippen LogP contribution is 2.07. The van der Waals surface area contributed by atoms with E-state index >= 15 is 0 Å². The van der Waals surface area contributed by atoms with Gasteiger partial charge in [0.25, 0.3) is 5.91 Å². The molecule has 1 atom stereocenters. The van der Waals surface area contributed by atoms with E-state index in [-0.39, 0.29) is 5.91 Å². The molecule has 0 aromatic carbocycles. The van der Waals surface area contributed by atoms with E-state index in [1.165, 1.54) is 12.8 Å². The quantitative estimate of drug-likeness (QED) is 0.841. The zero-order chi connectivity index (χ0) is 13.0. The summed E-state index contributed by atoms with van der Waals surface area (Å²) in [6.07, 6.45) is 3.64. The molecular formula is C13H22N4O. The third-order valence-corrected chi connectivity index (χ3v) is 3.36. The molecule has 1 amide bonds. The molecule has 0 saturated carbocycles. The van der Waals surface area contributed by atoms with Crippen LogP contribution in [0.3, 0.4) is 0 Å². The van der Waals surface area contributed by atoms with Gasteiger partial charge in [-0.25, -0.2) is 0 Å². The van der Waals surface area contributed by atoms with Gasteiger partial charge in [0, 0.05) is 19.1 Å². The van der Waals surface area contributed by atoms with Crippen LogP contribution in [0.25, 0.3) is 0 Å². The molecule has 1 saturated heterocycles. The Hall–Kier alpha value is -1.36. The van der Waals surface area contributed by atoms with Crippen molar-refractivity contribution in [2.75, 3.05) is 13.1 Å². The summed E-state index contributed by atoms with van der Waals surface area (Å²) in [4.78, 5) is 12.1. The SMILES string of the molecule is CCn1nc(C)cc1C(=O)NCC1CCCCN1. The predicted octanol–water partition coefficient (Wildman–Crippen LogP) is 1.08. The summed E-state index contributed by atoms with van der Waals surface area (Å²) < 4.78 is 1.75. The fourth-order valence-corrected chi connectivity index (χ4v) is 2.37. The van der Waals surface area contributed by atoms with Crippen molar-refractivity contribution >= 4 is 5.91 Å². The minimum Gasteiger partial charge on any atom is -0.349 e. The van der Waals surface area contributed by atoms with Crippen LogP contribution in [0.1, 0.15) is 42.4 Å². The van der Waals surface area contributed by atoms with Crippen molar-refractivity contribution in [1.82, 2.24) is 20.4 Å². The Kier molecular flexibility index (Phi) is 4.36. The third-order valence-electron chi connectivity index (χ3n) is 3.36. The standard InChI is InChI=1S/C13H22N4O/c1-3-17-12(8-10(2)16-17)13(18)15-9-11-6-4-5-7-14-11/h8,11,14H,3-7,9H2,1-2H3,(H,15,18). The maximum Gasteiger partial charge on any atom is 0.269 e. The molecule has 2 heterocycles. The fraction of sp³-hybridized carbons (Fsp3) is 0.692. The Morgan fingerprint density at radius 1 is 1.61 bits per heavy atom. The second kappa shape index (κ2) is 6.00. The Morgan fingerprint density at radius 3 is 3.11 bits per heavy atom. The smallest absolute Gasteiger partial charge is 0.269 e. The van der Waals surface area contributed by atoms with Crippen LogP contribution >= 0.6 is 0 Å². The lowest BCUT2D eigenvalue weighted by atomic mass is 10.1. The minimum absolute atomic E-state index is 0.0233. The molecule has 0 bridgehead atoms. The monoisotopic (exact) mass is 250 g/mol. The zero-order valence-electron chi connectivity index (χ0n) is 11.2. The number of hydrogen-bond donors (Lipinski definition) is 2. The minimum atomic E-state index is -0.0233. The summed E-state index contributed by atoms with van der Waals surface area (Å²) in [6.45, 7) is 6.38. The molecule has 1 unspecified atom stereocenters. The molecule has 0 spiro atoms. The molecule has 0 aliphatic carbocycles. The van der Waals surface area contributed by atoms with Crippen molar-refractivity contribution in [3.63, 3.8) is 0 Å². The summed E-state index contributed by atoms with van der Waals surface area (Å²) in [7, 11) is 0. The first kappa shape index (κ1) is 13.1. The van der Waals surface area contributed by atoms with Gasteiger partial charge in [0.05, 0.1) is 5.69 Å². The summed E-state index contributed by atoms with van der Waals surface area (Å²) >= 11 is 0. The van der Waals surface area contributed by atoms with Gasteiger partial charge in [-0.05, 0) is 39.3 Å². The molecule has 5 nitrogen and oxygen atoms in total. The Morgan fingerprint density at radius 2 is 2.44 bits per heavy atom. The highest BCUT2D eigenvalue weighted by atomic mass is 16.2. The maximum absolute atomic E-state index is 12.1. The van der Waals surface area contributed by atoms with Crippen LogP contribution in [0.2, 0.25) is 0 Å². The largest absolute Gasteiger partial charge is 0.349 e. The van der Waals surface area contributed by atoms with Gasteiger partial charge < -0.3 is 10.6 Å². The van der Waals surface area contributed by atoms with Crippen LogP contribution in [-0.2, 0) is 6.54 Å². The van der Waals surface area contributed by atoms with Crippen molar-refractivity contribution in [3.05, 3.63) is 17.5 Å². The number of hydrogen-bond acceptors (Lipinski definition) is 3. The van der Waals surface area contributed by atoms with E-state index in [1.807, 2.05) is 19.9 Å². The lowest BCUT2D eigenvalue weighted by molar-refractivity contribution is 0.0937.